The Morgan fingerprint density at radius 1 is 0.938 bits per heavy atom. The van der Waals surface area contributed by atoms with E-state index in [1.807, 2.05) is 61.5 Å². The highest BCUT2D eigenvalue weighted by atomic mass is 16.5. The Balaban J connectivity index is 1.40. The molecule has 0 radical (unpaired) electrons. The molecule has 0 unspecified atom stereocenters. The molecule has 1 N–H and O–H groups in total. The van der Waals surface area contributed by atoms with Gasteiger partial charge in [0.25, 0.3) is 5.91 Å². The molecule has 6 heteroatoms. The van der Waals surface area contributed by atoms with Crippen LogP contribution in [-0.2, 0) is 11.3 Å². The molecule has 0 aliphatic carbocycles. The quantitative estimate of drug-likeness (QED) is 0.431. The number of hydrogen-bond acceptors (Lipinski definition) is 4. The number of aryl methyl sites for hydroxylation is 1. The van der Waals surface area contributed by atoms with Crippen LogP contribution in [0.2, 0.25) is 0 Å². The SMILES string of the molecule is Cc1ccc(CNC(=O)COc2ccccc2C(=O)c2cnn(-c3ccccc3)c2)cc1. The summed E-state index contributed by atoms with van der Waals surface area (Å²) >= 11 is 0. The van der Waals surface area contributed by atoms with E-state index in [1.54, 1.807) is 35.1 Å². The molecule has 0 saturated carbocycles. The van der Waals surface area contributed by atoms with Crippen LogP contribution >= 0.6 is 0 Å². The van der Waals surface area contributed by atoms with Gasteiger partial charge in [0.05, 0.1) is 23.0 Å². The summed E-state index contributed by atoms with van der Waals surface area (Å²) in [5, 5.41) is 7.11. The molecule has 32 heavy (non-hydrogen) atoms. The predicted octanol–water partition coefficient (Wildman–Crippen LogP) is 4.11. The summed E-state index contributed by atoms with van der Waals surface area (Å²) < 4.78 is 7.33. The average Bonchev–Trinajstić information content (AvgIpc) is 3.33. The van der Waals surface area contributed by atoms with E-state index >= 15 is 0 Å². The maximum Gasteiger partial charge on any atom is 0.258 e. The number of rotatable bonds is 8. The van der Waals surface area contributed by atoms with Gasteiger partial charge in [-0.05, 0) is 36.8 Å². The van der Waals surface area contributed by atoms with E-state index in [9.17, 15) is 9.59 Å². The maximum absolute atomic E-state index is 13.1. The van der Waals surface area contributed by atoms with Gasteiger partial charge in [0.2, 0.25) is 0 Å². The van der Waals surface area contributed by atoms with E-state index in [4.69, 9.17) is 4.74 Å². The van der Waals surface area contributed by atoms with Crippen LogP contribution in [0.1, 0.15) is 27.0 Å². The molecule has 1 aromatic heterocycles. The monoisotopic (exact) mass is 425 g/mol. The zero-order valence-electron chi connectivity index (χ0n) is 17.7. The number of benzene rings is 3. The number of amides is 1. The van der Waals surface area contributed by atoms with Gasteiger partial charge in [0, 0.05) is 12.7 Å². The molecule has 4 aromatic rings. The largest absolute Gasteiger partial charge is 0.483 e. The van der Waals surface area contributed by atoms with E-state index in [2.05, 4.69) is 10.4 Å². The van der Waals surface area contributed by atoms with Crippen molar-refractivity contribution in [2.45, 2.75) is 13.5 Å². The average molecular weight is 425 g/mol. The van der Waals surface area contributed by atoms with E-state index in [1.165, 1.54) is 11.8 Å². The fourth-order valence-corrected chi connectivity index (χ4v) is 3.20. The van der Waals surface area contributed by atoms with Gasteiger partial charge in [0.15, 0.2) is 12.4 Å². The molecule has 6 nitrogen and oxygen atoms in total. The Labute approximate surface area is 186 Å². The highest BCUT2D eigenvalue weighted by molar-refractivity contribution is 6.10. The first-order valence-corrected chi connectivity index (χ1v) is 10.3. The molecule has 1 amide bonds. The van der Waals surface area contributed by atoms with E-state index in [-0.39, 0.29) is 18.3 Å². The van der Waals surface area contributed by atoms with Gasteiger partial charge in [0.1, 0.15) is 5.75 Å². The summed E-state index contributed by atoms with van der Waals surface area (Å²) in [5.74, 6) is -0.122. The number of ketones is 1. The molecular weight excluding hydrogens is 402 g/mol. The highest BCUT2D eigenvalue weighted by Crippen LogP contribution is 2.22. The lowest BCUT2D eigenvalue weighted by molar-refractivity contribution is -0.123. The summed E-state index contributed by atoms with van der Waals surface area (Å²) in [4.78, 5) is 25.3. The lowest BCUT2D eigenvalue weighted by Gasteiger charge is -2.11. The fourth-order valence-electron chi connectivity index (χ4n) is 3.20. The van der Waals surface area contributed by atoms with Crippen molar-refractivity contribution in [1.29, 1.82) is 0 Å². The predicted molar refractivity (Wildman–Crippen MR) is 122 cm³/mol. The van der Waals surface area contributed by atoms with Crippen molar-refractivity contribution in [3.05, 3.63) is 114 Å². The summed E-state index contributed by atoms with van der Waals surface area (Å²) in [5.41, 5.74) is 3.86. The van der Waals surface area contributed by atoms with Crippen LogP contribution in [-0.4, -0.2) is 28.1 Å². The molecular formula is C26H23N3O3. The third kappa shape index (κ3) is 5.10. The van der Waals surface area contributed by atoms with Crippen molar-refractivity contribution in [2.75, 3.05) is 6.61 Å². The van der Waals surface area contributed by atoms with Gasteiger partial charge in [-0.2, -0.15) is 5.10 Å². The number of nitrogens with zero attached hydrogens (tertiary/aromatic N) is 2. The number of nitrogens with one attached hydrogen (secondary N) is 1. The van der Waals surface area contributed by atoms with Crippen molar-refractivity contribution >= 4 is 11.7 Å². The minimum atomic E-state index is -0.260. The van der Waals surface area contributed by atoms with E-state index in [0.717, 1.165) is 11.3 Å². The molecule has 0 spiro atoms. The molecule has 0 aliphatic rings. The minimum Gasteiger partial charge on any atom is -0.483 e. The molecule has 0 saturated heterocycles. The Hall–Kier alpha value is -4.19. The van der Waals surface area contributed by atoms with Gasteiger partial charge in [-0.15, -0.1) is 0 Å². The second kappa shape index (κ2) is 9.75. The van der Waals surface area contributed by atoms with Gasteiger partial charge < -0.3 is 10.1 Å². The third-order valence-corrected chi connectivity index (χ3v) is 4.97. The smallest absolute Gasteiger partial charge is 0.258 e. The Kier molecular flexibility index (Phi) is 6.41. The summed E-state index contributed by atoms with van der Waals surface area (Å²) in [6.07, 6.45) is 3.21. The van der Waals surface area contributed by atoms with Crippen molar-refractivity contribution < 1.29 is 14.3 Å². The van der Waals surface area contributed by atoms with E-state index in [0.29, 0.717) is 23.4 Å². The van der Waals surface area contributed by atoms with Crippen molar-refractivity contribution in [2.24, 2.45) is 0 Å². The second-order valence-corrected chi connectivity index (χ2v) is 7.39. The summed E-state index contributed by atoms with van der Waals surface area (Å²) in [6, 6.07) is 24.4. The van der Waals surface area contributed by atoms with Crippen LogP contribution in [0.3, 0.4) is 0 Å². The molecule has 0 fully saturated rings. The zero-order chi connectivity index (χ0) is 22.3. The fraction of sp³-hybridized carbons (Fsp3) is 0.115. The van der Waals surface area contributed by atoms with Crippen LogP contribution < -0.4 is 10.1 Å². The number of para-hydroxylation sites is 2. The summed E-state index contributed by atoms with van der Waals surface area (Å²) in [6.45, 7) is 2.25. The Morgan fingerprint density at radius 3 is 2.44 bits per heavy atom. The first-order valence-electron chi connectivity index (χ1n) is 10.3. The van der Waals surface area contributed by atoms with Crippen LogP contribution in [0.25, 0.3) is 5.69 Å². The van der Waals surface area contributed by atoms with Gasteiger partial charge in [-0.25, -0.2) is 4.68 Å². The van der Waals surface area contributed by atoms with Crippen molar-refractivity contribution in [3.8, 4) is 11.4 Å². The van der Waals surface area contributed by atoms with E-state index < -0.39 is 0 Å². The number of aromatic nitrogens is 2. The summed E-state index contributed by atoms with van der Waals surface area (Å²) in [7, 11) is 0. The molecule has 0 aliphatic heterocycles. The van der Waals surface area contributed by atoms with Crippen LogP contribution in [0, 0.1) is 6.92 Å². The normalized spacial score (nSPS) is 10.5. The van der Waals surface area contributed by atoms with Gasteiger partial charge >= 0.3 is 0 Å². The standard InChI is InChI=1S/C26H23N3O3/c1-19-11-13-20(14-12-19)15-27-25(30)18-32-24-10-6-5-9-23(24)26(31)21-16-28-29(17-21)22-7-3-2-4-8-22/h2-14,16-17H,15,18H2,1H3,(H,27,30). The Bertz CT molecular complexity index is 1210. The maximum atomic E-state index is 13.1. The number of ether oxygens (including phenoxy) is 1. The first-order chi connectivity index (χ1) is 15.6. The van der Waals surface area contributed by atoms with Crippen LogP contribution in [0.4, 0.5) is 0 Å². The molecule has 1 heterocycles. The number of carbonyl (C=O) groups is 2. The molecule has 3 aromatic carbocycles. The van der Waals surface area contributed by atoms with Crippen LogP contribution in [0.5, 0.6) is 5.75 Å². The number of hydrogen-bond donors (Lipinski definition) is 1. The third-order valence-electron chi connectivity index (χ3n) is 4.97. The van der Waals surface area contributed by atoms with Gasteiger partial charge in [-0.1, -0.05) is 60.2 Å². The zero-order valence-corrected chi connectivity index (χ0v) is 17.7. The Morgan fingerprint density at radius 2 is 1.66 bits per heavy atom. The topological polar surface area (TPSA) is 73.2 Å². The van der Waals surface area contributed by atoms with Crippen molar-refractivity contribution in [1.82, 2.24) is 15.1 Å². The number of carbonyl (C=O) groups excluding carboxylic acids is 2. The minimum absolute atomic E-state index is 0.181. The molecule has 160 valence electrons. The second-order valence-electron chi connectivity index (χ2n) is 7.39. The van der Waals surface area contributed by atoms with Crippen LogP contribution in [0.15, 0.2) is 91.3 Å². The highest BCUT2D eigenvalue weighted by Gasteiger charge is 2.17. The molecule has 0 bridgehead atoms. The van der Waals surface area contributed by atoms with Gasteiger partial charge in [-0.3, -0.25) is 9.59 Å². The lowest BCUT2D eigenvalue weighted by atomic mass is 10.1. The first kappa shape index (κ1) is 21.1. The molecule has 0 atom stereocenters. The lowest BCUT2D eigenvalue weighted by Crippen LogP contribution is -2.28. The van der Waals surface area contributed by atoms with Crippen molar-refractivity contribution in [3.63, 3.8) is 0 Å². The molecule has 4 rings (SSSR count).